The van der Waals surface area contributed by atoms with Gasteiger partial charge in [-0.25, -0.2) is 18.4 Å². The molecule has 1 saturated heterocycles. The molecule has 1 aliphatic heterocycles. The van der Waals surface area contributed by atoms with Crippen molar-refractivity contribution in [3.8, 4) is 0 Å². The van der Waals surface area contributed by atoms with Crippen molar-refractivity contribution >= 4 is 26.6 Å². The van der Waals surface area contributed by atoms with Crippen molar-refractivity contribution in [3.05, 3.63) is 24.5 Å². The second-order valence-electron chi connectivity index (χ2n) is 6.65. The van der Waals surface area contributed by atoms with Gasteiger partial charge in [0, 0.05) is 31.3 Å². The highest BCUT2D eigenvalue weighted by molar-refractivity contribution is 7.90. The Kier molecular flexibility index (Phi) is 5.01. The molecule has 0 bridgehead atoms. The first-order valence-corrected chi connectivity index (χ1v) is 10.2. The van der Waals surface area contributed by atoms with Crippen molar-refractivity contribution in [3.63, 3.8) is 0 Å². The molecule has 1 N–H and O–H groups in total. The second-order valence-corrected chi connectivity index (χ2v) is 8.66. The van der Waals surface area contributed by atoms with E-state index in [1.54, 1.807) is 18.2 Å². The van der Waals surface area contributed by atoms with Crippen LogP contribution >= 0.6 is 0 Å². The first-order valence-electron chi connectivity index (χ1n) is 8.34. The zero-order chi connectivity index (χ0) is 17.2. The molecule has 7 heteroatoms. The molecule has 2 heterocycles. The predicted molar refractivity (Wildman–Crippen MR) is 96.0 cm³/mol. The topological polar surface area (TPSA) is 75.2 Å². The van der Waals surface area contributed by atoms with E-state index in [1.165, 1.54) is 25.4 Å². The Labute approximate surface area is 143 Å². The van der Waals surface area contributed by atoms with Crippen molar-refractivity contribution in [2.24, 2.45) is 5.92 Å². The van der Waals surface area contributed by atoms with Gasteiger partial charge < -0.3 is 10.2 Å². The fourth-order valence-corrected chi connectivity index (χ4v) is 3.88. The zero-order valence-electron chi connectivity index (χ0n) is 14.2. The standard InChI is InChI=1S/C17H24N4O2S/c1-13-4-3-8-21(11-13)9-7-18-17-15-10-14(24(2,22)23)5-6-16(15)19-12-20-17/h5-6,10,12-13H,3-4,7-9,11H2,1-2H3,(H,18,19,20). The monoisotopic (exact) mass is 348 g/mol. The SMILES string of the molecule is CC1CCCN(CCNc2ncnc3ccc(S(C)(=O)=O)cc23)C1. The number of nitrogens with one attached hydrogen (secondary N) is 1. The minimum absolute atomic E-state index is 0.290. The van der Waals surface area contributed by atoms with Gasteiger partial charge in [-0.15, -0.1) is 0 Å². The average Bonchev–Trinajstić information content (AvgIpc) is 2.54. The van der Waals surface area contributed by atoms with E-state index in [1.807, 2.05) is 0 Å². The summed E-state index contributed by atoms with van der Waals surface area (Å²) in [5, 5.41) is 4.08. The van der Waals surface area contributed by atoms with Crippen LogP contribution in [0, 0.1) is 5.92 Å². The molecule has 2 aromatic rings. The van der Waals surface area contributed by atoms with E-state index in [4.69, 9.17) is 0 Å². The number of nitrogens with zero attached hydrogens (tertiary/aromatic N) is 3. The first-order chi connectivity index (χ1) is 11.4. The van der Waals surface area contributed by atoms with Crippen LogP contribution < -0.4 is 5.32 Å². The molecule has 0 aliphatic carbocycles. The second kappa shape index (κ2) is 7.03. The summed E-state index contributed by atoms with van der Waals surface area (Å²) in [4.78, 5) is 11.3. The smallest absolute Gasteiger partial charge is 0.175 e. The summed E-state index contributed by atoms with van der Waals surface area (Å²) >= 11 is 0. The highest BCUT2D eigenvalue weighted by Gasteiger charge is 2.16. The van der Waals surface area contributed by atoms with Gasteiger partial charge in [0.05, 0.1) is 10.4 Å². The van der Waals surface area contributed by atoms with Gasteiger partial charge in [-0.2, -0.15) is 0 Å². The summed E-state index contributed by atoms with van der Waals surface area (Å²) in [6.45, 7) is 6.33. The summed E-state index contributed by atoms with van der Waals surface area (Å²) in [5.41, 5.74) is 0.742. The summed E-state index contributed by atoms with van der Waals surface area (Å²) in [5.74, 6) is 1.45. The third kappa shape index (κ3) is 4.02. The summed E-state index contributed by atoms with van der Waals surface area (Å²) in [7, 11) is -3.25. The number of benzene rings is 1. The van der Waals surface area contributed by atoms with E-state index >= 15 is 0 Å². The number of hydrogen-bond acceptors (Lipinski definition) is 6. The molecule has 24 heavy (non-hydrogen) atoms. The fourth-order valence-electron chi connectivity index (χ4n) is 3.23. The molecule has 0 amide bonds. The lowest BCUT2D eigenvalue weighted by Crippen LogP contribution is -2.37. The van der Waals surface area contributed by atoms with Crippen molar-refractivity contribution in [2.75, 3.05) is 37.8 Å². The minimum Gasteiger partial charge on any atom is -0.368 e. The van der Waals surface area contributed by atoms with Gasteiger partial charge in [-0.3, -0.25) is 0 Å². The van der Waals surface area contributed by atoms with E-state index in [9.17, 15) is 8.42 Å². The van der Waals surface area contributed by atoms with E-state index in [0.29, 0.717) is 5.82 Å². The molecule has 0 saturated carbocycles. The summed E-state index contributed by atoms with van der Waals surface area (Å²) in [6, 6.07) is 4.96. The van der Waals surface area contributed by atoms with Crippen molar-refractivity contribution in [2.45, 2.75) is 24.7 Å². The largest absolute Gasteiger partial charge is 0.368 e. The molecule has 130 valence electrons. The maximum Gasteiger partial charge on any atom is 0.175 e. The molecule has 0 spiro atoms. The van der Waals surface area contributed by atoms with Crippen LogP contribution in [0.15, 0.2) is 29.4 Å². The third-order valence-electron chi connectivity index (χ3n) is 4.50. The lowest BCUT2D eigenvalue weighted by molar-refractivity contribution is 0.190. The molecule has 1 aliphatic rings. The highest BCUT2D eigenvalue weighted by atomic mass is 32.2. The normalized spacial score (nSPS) is 19.5. The van der Waals surface area contributed by atoms with Crippen molar-refractivity contribution in [1.82, 2.24) is 14.9 Å². The van der Waals surface area contributed by atoms with Crippen molar-refractivity contribution < 1.29 is 8.42 Å². The molecule has 1 aromatic carbocycles. The van der Waals surface area contributed by atoms with E-state index in [2.05, 4.69) is 27.1 Å². The summed E-state index contributed by atoms with van der Waals surface area (Å²) in [6.07, 6.45) is 5.29. The Bertz CT molecular complexity index is 822. The maximum absolute atomic E-state index is 11.8. The maximum atomic E-state index is 11.8. The van der Waals surface area contributed by atoms with E-state index in [0.717, 1.165) is 43.0 Å². The van der Waals surface area contributed by atoms with E-state index in [-0.39, 0.29) is 4.90 Å². The quantitative estimate of drug-likeness (QED) is 0.893. The number of rotatable bonds is 5. The molecule has 3 rings (SSSR count). The molecule has 6 nitrogen and oxygen atoms in total. The van der Waals surface area contributed by atoms with Crippen LogP contribution in [0.25, 0.3) is 10.9 Å². The number of anilines is 1. The zero-order valence-corrected chi connectivity index (χ0v) is 15.0. The number of piperidine rings is 1. The van der Waals surface area contributed by atoms with Gasteiger partial charge >= 0.3 is 0 Å². The van der Waals surface area contributed by atoms with Crippen LogP contribution in [0.5, 0.6) is 0 Å². The molecule has 1 atom stereocenters. The Hall–Kier alpha value is -1.73. The predicted octanol–water partition coefficient (Wildman–Crippen LogP) is 2.18. The lowest BCUT2D eigenvalue weighted by Gasteiger charge is -2.30. The van der Waals surface area contributed by atoms with Crippen LogP contribution in [0.4, 0.5) is 5.82 Å². The number of fused-ring (bicyclic) bond motifs is 1. The summed E-state index contributed by atoms with van der Waals surface area (Å²) < 4.78 is 23.5. The van der Waals surface area contributed by atoms with Gasteiger partial charge in [-0.1, -0.05) is 6.92 Å². The van der Waals surface area contributed by atoms with Crippen molar-refractivity contribution in [1.29, 1.82) is 0 Å². The van der Waals surface area contributed by atoms with Crippen LogP contribution in [-0.4, -0.2) is 55.7 Å². The number of aromatic nitrogens is 2. The van der Waals surface area contributed by atoms with Gasteiger partial charge in [-0.05, 0) is 43.5 Å². The van der Waals surface area contributed by atoms with Gasteiger partial charge in [0.15, 0.2) is 9.84 Å². The Morgan fingerprint density at radius 1 is 1.33 bits per heavy atom. The van der Waals surface area contributed by atoms with Crippen LogP contribution in [0.2, 0.25) is 0 Å². The highest BCUT2D eigenvalue weighted by Crippen LogP contribution is 2.23. The van der Waals surface area contributed by atoms with Gasteiger partial charge in [0.2, 0.25) is 0 Å². The van der Waals surface area contributed by atoms with Crippen LogP contribution in [0.3, 0.4) is 0 Å². The number of sulfone groups is 1. The van der Waals surface area contributed by atoms with Crippen LogP contribution in [-0.2, 0) is 9.84 Å². The fraction of sp³-hybridized carbons (Fsp3) is 0.529. The van der Waals surface area contributed by atoms with Gasteiger partial charge in [0.1, 0.15) is 12.1 Å². The lowest BCUT2D eigenvalue weighted by atomic mass is 10.0. The first kappa shape index (κ1) is 17.1. The Balaban J connectivity index is 1.74. The van der Waals surface area contributed by atoms with Gasteiger partial charge in [0.25, 0.3) is 0 Å². The molecule has 1 aromatic heterocycles. The number of hydrogen-bond donors (Lipinski definition) is 1. The molecular formula is C17H24N4O2S. The molecule has 1 fully saturated rings. The molecular weight excluding hydrogens is 324 g/mol. The van der Waals surface area contributed by atoms with Crippen LogP contribution in [0.1, 0.15) is 19.8 Å². The Morgan fingerprint density at radius 3 is 2.92 bits per heavy atom. The number of likely N-dealkylation sites (tertiary alicyclic amines) is 1. The molecule has 1 unspecified atom stereocenters. The third-order valence-corrected chi connectivity index (χ3v) is 5.61. The average molecular weight is 348 g/mol. The van der Waals surface area contributed by atoms with E-state index < -0.39 is 9.84 Å². The molecule has 0 radical (unpaired) electrons. The Morgan fingerprint density at radius 2 is 2.17 bits per heavy atom. The minimum atomic E-state index is -3.25.